The molecule has 0 saturated heterocycles. The monoisotopic (exact) mass is 316 g/mol. The fraction of sp³-hybridized carbons (Fsp3) is 0.125. The van der Waals surface area contributed by atoms with Crippen LogP contribution < -0.4 is 0 Å². The molecule has 0 radical (unpaired) electrons. The zero-order chi connectivity index (χ0) is 15.7. The van der Waals surface area contributed by atoms with Crippen molar-refractivity contribution in [3.8, 4) is 0 Å². The molecule has 0 spiro atoms. The highest BCUT2D eigenvalue weighted by molar-refractivity contribution is 7.90. The summed E-state index contributed by atoms with van der Waals surface area (Å²) in [7, 11) is -3.65. The summed E-state index contributed by atoms with van der Waals surface area (Å²) in [6.07, 6.45) is 0. The highest BCUT2D eigenvalue weighted by Crippen LogP contribution is 2.20. The van der Waals surface area contributed by atoms with Gasteiger partial charge in [-0.25, -0.2) is 22.8 Å². The highest BCUT2D eigenvalue weighted by atomic mass is 32.2. The molecule has 0 unspecified atom stereocenters. The molecule has 4 nitrogen and oxygen atoms in total. The first-order chi connectivity index (χ1) is 10.5. The molecule has 1 heterocycles. The summed E-state index contributed by atoms with van der Waals surface area (Å²) < 4.78 is 38.2. The average Bonchev–Trinajstić information content (AvgIpc) is 2.48. The molecule has 0 amide bonds. The summed E-state index contributed by atoms with van der Waals surface area (Å²) in [5.74, 6) is -0.570. The van der Waals surface area contributed by atoms with Crippen molar-refractivity contribution < 1.29 is 12.8 Å². The van der Waals surface area contributed by atoms with Crippen molar-refractivity contribution in [2.24, 2.45) is 0 Å². The first-order valence-corrected chi connectivity index (χ1v) is 8.31. The highest BCUT2D eigenvalue weighted by Gasteiger charge is 2.20. The van der Waals surface area contributed by atoms with Gasteiger partial charge in [0.1, 0.15) is 5.82 Å². The van der Waals surface area contributed by atoms with Gasteiger partial charge in [0.05, 0.1) is 17.0 Å². The summed E-state index contributed by atoms with van der Waals surface area (Å²) in [6, 6.07) is 12.9. The van der Waals surface area contributed by atoms with Gasteiger partial charge in [0.15, 0.2) is 0 Å². The zero-order valence-electron chi connectivity index (χ0n) is 11.8. The third-order valence-electron chi connectivity index (χ3n) is 3.31. The molecular weight excluding hydrogens is 303 g/mol. The average molecular weight is 316 g/mol. The van der Waals surface area contributed by atoms with E-state index in [1.807, 2.05) is 6.07 Å². The van der Waals surface area contributed by atoms with Crippen molar-refractivity contribution in [3.63, 3.8) is 0 Å². The van der Waals surface area contributed by atoms with Gasteiger partial charge in [-0.3, -0.25) is 0 Å². The van der Waals surface area contributed by atoms with Crippen LogP contribution in [0.25, 0.3) is 10.9 Å². The number of nitrogens with zero attached hydrogens (tertiary/aromatic N) is 2. The number of halogens is 1. The van der Waals surface area contributed by atoms with Gasteiger partial charge in [0, 0.05) is 5.39 Å². The second-order valence-electron chi connectivity index (χ2n) is 5.00. The Morgan fingerprint density at radius 1 is 1.05 bits per heavy atom. The number of hydrogen-bond acceptors (Lipinski definition) is 4. The molecule has 2 aromatic carbocycles. The second-order valence-corrected chi connectivity index (χ2v) is 6.88. The Bertz CT molecular complexity index is 941. The first-order valence-electron chi connectivity index (χ1n) is 6.66. The van der Waals surface area contributed by atoms with Crippen LogP contribution in [0.2, 0.25) is 0 Å². The van der Waals surface area contributed by atoms with E-state index in [0.717, 1.165) is 0 Å². The van der Waals surface area contributed by atoms with Gasteiger partial charge in [-0.2, -0.15) is 0 Å². The smallest absolute Gasteiger partial charge is 0.223 e. The molecule has 3 aromatic rings. The van der Waals surface area contributed by atoms with Gasteiger partial charge in [-0.05, 0) is 30.7 Å². The minimum Gasteiger partial charge on any atom is -0.223 e. The van der Waals surface area contributed by atoms with E-state index in [4.69, 9.17) is 0 Å². The van der Waals surface area contributed by atoms with E-state index in [1.165, 1.54) is 18.2 Å². The zero-order valence-corrected chi connectivity index (χ0v) is 12.6. The van der Waals surface area contributed by atoms with E-state index in [2.05, 4.69) is 9.97 Å². The van der Waals surface area contributed by atoms with Crippen molar-refractivity contribution in [1.82, 2.24) is 9.97 Å². The fourth-order valence-corrected chi connectivity index (χ4v) is 3.50. The second kappa shape index (κ2) is 5.46. The number of aromatic nitrogens is 2. The van der Waals surface area contributed by atoms with Crippen LogP contribution in [-0.4, -0.2) is 18.4 Å². The molecule has 1 aromatic heterocycles. The molecule has 0 aliphatic rings. The van der Waals surface area contributed by atoms with Crippen LogP contribution in [0.5, 0.6) is 0 Å². The Hall–Kier alpha value is -2.34. The normalized spacial score (nSPS) is 11.7. The molecule has 112 valence electrons. The van der Waals surface area contributed by atoms with E-state index in [-0.39, 0.29) is 10.9 Å². The van der Waals surface area contributed by atoms with Crippen molar-refractivity contribution in [3.05, 3.63) is 65.6 Å². The molecule has 0 bridgehead atoms. The molecule has 0 N–H and O–H groups in total. The van der Waals surface area contributed by atoms with Gasteiger partial charge >= 0.3 is 0 Å². The van der Waals surface area contributed by atoms with Crippen LogP contribution in [0.15, 0.2) is 53.7 Å². The number of hydrogen-bond donors (Lipinski definition) is 0. The quantitative estimate of drug-likeness (QED) is 0.697. The summed E-state index contributed by atoms with van der Waals surface area (Å²) in [6.45, 7) is 1.64. The summed E-state index contributed by atoms with van der Waals surface area (Å²) in [4.78, 5) is 8.12. The van der Waals surface area contributed by atoms with Crippen LogP contribution in [0, 0.1) is 12.7 Å². The van der Waals surface area contributed by atoms with Crippen molar-refractivity contribution in [2.45, 2.75) is 17.8 Å². The Labute approximate surface area is 127 Å². The Balaban J connectivity index is 2.07. The maximum Gasteiger partial charge on any atom is 0.248 e. The number of sulfone groups is 1. The fourth-order valence-electron chi connectivity index (χ4n) is 2.22. The lowest BCUT2D eigenvalue weighted by Gasteiger charge is -2.07. The molecule has 6 heteroatoms. The number of aryl methyl sites for hydroxylation is 1. The molecular formula is C16H13FN2O2S. The summed E-state index contributed by atoms with van der Waals surface area (Å²) >= 11 is 0. The lowest BCUT2D eigenvalue weighted by Crippen LogP contribution is -2.10. The Morgan fingerprint density at radius 2 is 1.77 bits per heavy atom. The predicted molar refractivity (Wildman–Crippen MR) is 81.6 cm³/mol. The molecule has 22 heavy (non-hydrogen) atoms. The summed E-state index contributed by atoms with van der Waals surface area (Å²) in [5.41, 5.74) is 1.53. The molecule has 0 aliphatic heterocycles. The maximum absolute atomic E-state index is 13.3. The minimum atomic E-state index is -3.65. The molecule has 0 aliphatic carbocycles. The van der Waals surface area contributed by atoms with Crippen molar-refractivity contribution in [1.29, 1.82) is 0 Å². The number of fused-ring (bicyclic) bond motifs is 1. The third kappa shape index (κ3) is 2.82. The SMILES string of the molecule is Cc1nc(S(=O)(=O)Cc2ccccc2)nc2ccc(F)cc12. The van der Waals surface area contributed by atoms with Crippen LogP contribution >= 0.6 is 0 Å². The van der Waals surface area contributed by atoms with Crippen LogP contribution in [0.4, 0.5) is 4.39 Å². The first kappa shape index (κ1) is 14.6. The number of rotatable bonds is 3. The van der Waals surface area contributed by atoms with Crippen LogP contribution in [0.1, 0.15) is 11.3 Å². The van der Waals surface area contributed by atoms with Crippen molar-refractivity contribution >= 4 is 20.7 Å². The third-order valence-corrected chi connectivity index (χ3v) is 4.76. The lowest BCUT2D eigenvalue weighted by atomic mass is 10.2. The molecule has 0 atom stereocenters. The van der Waals surface area contributed by atoms with E-state index in [1.54, 1.807) is 31.2 Å². The largest absolute Gasteiger partial charge is 0.248 e. The van der Waals surface area contributed by atoms with Gasteiger partial charge in [-0.1, -0.05) is 30.3 Å². The molecule has 0 saturated carbocycles. The Kier molecular flexibility index (Phi) is 3.62. The molecule has 3 rings (SSSR count). The topological polar surface area (TPSA) is 59.9 Å². The van der Waals surface area contributed by atoms with Gasteiger partial charge < -0.3 is 0 Å². The Morgan fingerprint density at radius 3 is 2.50 bits per heavy atom. The predicted octanol–water partition coefficient (Wildman–Crippen LogP) is 3.05. The van der Waals surface area contributed by atoms with E-state index in [0.29, 0.717) is 22.2 Å². The van der Waals surface area contributed by atoms with Crippen molar-refractivity contribution in [2.75, 3.05) is 0 Å². The van der Waals surface area contributed by atoms with Gasteiger partial charge in [0.25, 0.3) is 0 Å². The lowest BCUT2D eigenvalue weighted by molar-refractivity contribution is 0.586. The number of benzene rings is 2. The van der Waals surface area contributed by atoms with E-state index < -0.39 is 15.7 Å². The van der Waals surface area contributed by atoms with Crippen LogP contribution in [0.3, 0.4) is 0 Å². The molecule has 0 fully saturated rings. The van der Waals surface area contributed by atoms with Crippen LogP contribution in [-0.2, 0) is 15.6 Å². The summed E-state index contributed by atoms with van der Waals surface area (Å²) in [5, 5.41) is 0.284. The standard InChI is InChI=1S/C16H13FN2O2S/c1-11-14-9-13(17)7-8-15(14)19-16(18-11)22(20,21)10-12-5-3-2-4-6-12/h2-9H,10H2,1H3. The van der Waals surface area contributed by atoms with Gasteiger partial charge in [-0.15, -0.1) is 0 Å². The maximum atomic E-state index is 13.3. The van der Waals surface area contributed by atoms with Gasteiger partial charge in [0.2, 0.25) is 15.0 Å². The minimum absolute atomic E-state index is 0.167. The van der Waals surface area contributed by atoms with E-state index in [9.17, 15) is 12.8 Å². The van der Waals surface area contributed by atoms with E-state index >= 15 is 0 Å².